The van der Waals surface area contributed by atoms with Crippen LogP contribution >= 0.6 is 0 Å². The van der Waals surface area contributed by atoms with Crippen LogP contribution in [0.4, 0.5) is 0 Å². The maximum Gasteiger partial charge on any atom is 0.246 e. The predicted octanol–water partition coefficient (Wildman–Crippen LogP) is 1.56. The minimum Gasteiger partial charge on any atom is -0.495 e. The van der Waals surface area contributed by atoms with Crippen molar-refractivity contribution < 1.29 is 17.7 Å². The molecule has 1 fully saturated rings. The number of hydrogen-bond donors (Lipinski definition) is 0. The van der Waals surface area contributed by atoms with Gasteiger partial charge in [0.1, 0.15) is 10.6 Å². The van der Waals surface area contributed by atoms with E-state index in [1.165, 1.54) is 11.4 Å². The molecule has 0 spiro atoms. The smallest absolute Gasteiger partial charge is 0.246 e. The van der Waals surface area contributed by atoms with Gasteiger partial charge in [0.15, 0.2) is 5.82 Å². The predicted molar refractivity (Wildman–Crippen MR) is 78.1 cm³/mol. The Morgan fingerprint density at radius 2 is 2.14 bits per heavy atom. The fourth-order valence-corrected chi connectivity index (χ4v) is 4.25. The summed E-state index contributed by atoms with van der Waals surface area (Å²) in [4.78, 5) is 4.37. The number of aryl methyl sites for hydroxylation is 1. The molecule has 1 aliphatic rings. The van der Waals surface area contributed by atoms with Crippen molar-refractivity contribution in [3.63, 3.8) is 0 Å². The summed E-state index contributed by atoms with van der Waals surface area (Å²) in [5, 5.41) is 3.76. The van der Waals surface area contributed by atoms with Gasteiger partial charge in [0.05, 0.1) is 13.0 Å². The van der Waals surface area contributed by atoms with Crippen molar-refractivity contribution in [3.05, 3.63) is 36.0 Å². The zero-order chi connectivity index (χ0) is 15.7. The summed E-state index contributed by atoms with van der Waals surface area (Å²) in [7, 11) is -2.14. The van der Waals surface area contributed by atoms with E-state index in [0.29, 0.717) is 37.0 Å². The van der Waals surface area contributed by atoms with Crippen LogP contribution in [0, 0.1) is 6.92 Å². The number of aromatic nitrogens is 2. The molecule has 0 saturated carbocycles. The van der Waals surface area contributed by atoms with Crippen LogP contribution < -0.4 is 4.74 Å². The molecule has 118 valence electrons. The molecule has 0 bridgehead atoms. The zero-order valence-electron chi connectivity index (χ0n) is 12.4. The summed E-state index contributed by atoms with van der Waals surface area (Å²) in [6.07, 6.45) is 0.663. The van der Waals surface area contributed by atoms with Crippen molar-refractivity contribution in [1.29, 1.82) is 0 Å². The van der Waals surface area contributed by atoms with Gasteiger partial charge in [-0.1, -0.05) is 17.3 Å². The summed E-state index contributed by atoms with van der Waals surface area (Å²) in [5.41, 5.74) is 0. The van der Waals surface area contributed by atoms with E-state index in [1.807, 2.05) is 0 Å². The highest BCUT2D eigenvalue weighted by molar-refractivity contribution is 7.89. The largest absolute Gasteiger partial charge is 0.495 e. The average molecular weight is 323 g/mol. The van der Waals surface area contributed by atoms with Gasteiger partial charge >= 0.3 is 0 Å². The zero-order valence-corrected chi connectivity index (χ0v) is 13.2. The molecule has 7 nitrogen and oxygen atoms in total. The minimum atomic E-state index is -3.60. The molecule has 1 aliphatic heterocycles. The normalized spacial score (nSPS) is 19.5. The summed E-state index contributed by atoms with van der Waals surface area (Å²) < 4.78 is 37.3. The topological polar surface area (TPSA) is 85.5 Å². The van der Waals surface area contributed by atoms with Crippen LogP contribution in [0.25, 0.3) is 0 Å². The number of ether oxygens (including phenoxy) is 1. The lowest BCUT2D eigenvalue weighted by Crippen LogP contribution is -2.29. The SMILES string of the molecule is COc1ccccc1S(=O)(=O)N1CC[C@@H](c2nc(C)no2)C1. The molecule has 2 aromatic rings. The van der Waals surface area contributed by atoms with E-state index in [4.69, 9.17) is 9.26 Å². The van der Waals surface area contributed by atoms with Gasteiger partial charge in [-0.2, -0.15) is 9.29 Å². The summed E-state index contributed by atoms with van der Waals surface area (Å²) in [5.74, 6) is 1.33. The van der Waals surface area contributed by atoms with Crippen molar-refractivity contribution in [2.45, 2.75) is 24.2 Å². The molecule has 0 N–H and O–H groups in total. The Bertz CT molecular complexity index is 772. The Morgan fingerprint density at radius 3 is 2.82 bits per heavy atom. The molecule has 1 aromatic carbocycles. The summed E-state index contributed by atoms with van der Waals surface area (Å²) in [6.45, 7) is 2.50. The molecule has 1 saturated heterocycles. The van der Waals surface area contributed by atoms with Gasteiger partial charge in [0.25, 0.3) is 0 Å². The minimum absolute atomic E-state index is 0.0642. The molecule has 3 rings (SSSR count). The molecular formula is C14H17N3O4S. The lowest BCUT2D eigenvalue weighted by Gasteiger charge is -2.17. The first-order valence-corrected chi connectivity index (χ1v) is 8.39. The third-order valence-electron chi connectivity index (χ3n) is 3.73. The molecule has 1 atom stereocenters. The van der Waals surface area contributed by atoms with Crippen LogP contribution in [0.15, 0.2) is 33.7 Å². The molecule has 0 aliphatic carbocycles. The Hall–Kier alpha value is -1.93. The van der Waals surface area contributed by atoms with E-state index in [-0.39, 0.29) is 10.8 Å². The van der Waals surface area contributed by atoms with Gasteiger partial charge in [-0.05, 0) is 25.5 Å². The maximum atomic E-state index is 12.8. The third-order valence-corrected chi connectivity index (χ3v) is 5.63. The molecule has 22 heavy (non-hydrogen) atoms. The lowest BCUT2D eigenvalue weighted by atomic mass is 10.1. The lowest BCUT2D eigenvalue weighted by molar-refractivity contribution is 0.351. The standard InChI is InChI=1S/C14H17N3O4S/c1-10-15-14(21-16-10)11-7-8-17(9-11)22(18,19)13-6-4-3-5-12(13)20-2/h3-6,11H,7-9H2,1-2H3/t11-/m1/s1. The highest BCUT2D eigenvalue weighted by Crippen LogP contribution is 2.33. The van der Waals surface area contributed by atoms with Crippen LogP contribution in [0.2, 0.25) is 0 Å². The Labute approximate surface area is 128 Å². The van der Waals surface area contributed by atoms with Gasteiger partial charge in [-0.25, -0.2) is 8.42 Å². The van der Waals surface area contributed by atoms with E-state index < -0.39 is 10.0 Å². The first kappa shape index (κ1) is 15.0. The van der Waals surface area contributed by atoms with Crippen molar-refractivity contribution >= 4 is 10.0 Å². The number of rotatable bonds is 4. The summed E-state index contributed by atoms with van der Waals surface area (Å²) >= 11 is 0. The van der Waals surface area contributed by atoms with E-state index in [9.17, 15) is 8.42 Å². The van der Waals surface area contributed by atoms with Crippen molar-refractivity contribution in [3.8, 4) is 5.75 Å². The van der Waals surface area contributed by atoms with Crippen molar-refractivity contribution in [1.82, 2.24) is 14.4 Å². The number of sulfonamides is 1. The van der Waals surface area contributed by atoms with Gasteiger partial charge in [-0.3, -0.25) is 0 Å². The number of methoxy groups -OCH3 is 1. The molecule has 0 radical (unpaired) electrons. The van der Waals surface area contributed by atoms with E-state index in [0.717, 1.165) is 0 Å². The van der Waals surface area contributed by atoms with Crippen LogP contribution in [-0.2, 0) is 10.0 Å². The van der Waals surface area contributed by atoms with Gasteiger partial charge < -0.3 is 9.26 Å². The highest BCUT2D eigenvalue weighted by Gasteiger charge is 2.36. The fraction of sp³-hybridized carbons (Fsp3) is 0.429. The summed E-state index contributed by atoms with van der Waals surface area (Å²) in [6, 6.07) is 6.62. The quantitative estimate of drug-likeness (QED) is 0.849. The Balaban J connectivity index is 1.85. The van der Waals surface area contributed by atoms with Crippen LogP contribution in [-0.4, -0.2) is 43.1 Å². The van der Waals surface area contributed by atoms with Gasteiger partial charge in [-0.15, -0.1) is 0 Å². The molecule has 0 amide bonds. The number of hydrogen-bond acceptors (Lipinski definition) is 6. The van der Waals surface area contributed by atoms with Crippen LogP contribution in [0.5, 0.6) is 5.75 Å². The molecule has 2 heterocycles. The molecular weight excluding hydrogens is 306 g/mol. The molecule has 1 aromatic heterocycles. The van der Waals surface area contributed by atoms with E-state index in [2.05, 4.69) is 10.1 Å². The average Bonchev–Trinajstić information content (AvgIpc) is 3.16. The third kappa shape index (κ3) is 2.59. The second-order valence-electron chi connectivity index (χ2n) is 5.18. The number of para-hydroxylation sites is 1. The second-order valence-corrected chi connectivity index (χ2v) is 7.09. The first-order valence-electron chi connectivity index (χ1n) is 6.95. The van der Waals surface area contributed by atoms with Crippen molar-refractivity contribution in [2.75, 3.05) is 20.2 Å². The Morgan fingerprint density at radius 1 is 1.36 bits per heavy atom. The highest BCUT2D eigenvalue weighted by atomic mass is 32.2. The number of benzene rings is 1. The molecule has 0 unspecified atom stereocenters. The van der Waals surface area contributed by atoms with Crippen LogP contribution in [0.3, 0.4) is 0 Å². The first-order chi connectivity index (χ1) is 10.5. The number of nitrogens with zero attached hydrogens (tertiary/aromatic N) is 3. The fourth-order valence-electron chi connectivity index (χ4n) is 2.60. The maximum absolute atomic E-state index is 12.8. The van der Waals surface area contributed by atoms with Crippen LogP contribution in [0.1, 0.15) is 24.1 Å². The second kappa shape index (κ2) is 5.69. The van der Waals surface area contributed by atoms with E-state index >= 15 is 0 Å². The van der Waals surface area contributed by atoms with Crippen molar-refractivity contribution in [2.24, 2.45) is 0 Å². The molecule has 8 heteroatoms. The monoisotopic (exact) mass is 323 g/mol. The van der Waals surface area contributed by atoms with E-state index in [1.54, 1.807) is 31.2 Å². The van der Waals surface area contributed by atoms with Gasteiger partial charge in [0.2, 0.25) is 15.9 Å². The Kier molecular flexibility index (Phi) is 3.88. The van der Waals surface area contributed by atoms with Gasteiger partial charge in [0, 0.05) is 13.1 Å².